The molecule has 1 aromatic heterocycles. The third-order valence-electron chi connectivity index (χ3n) is 3.64. The van der Waals surface area contributed by atoms with Gasteiger partial charge in [-0.1, -0.05) is 11.6 Å². The zero-order valence-electron chi connectivity index (χ0n) is 12.2. The largest absolute Gasteiger partial charge is 0.342 e. The number of hydrogen-bond donors (Lipinski definition) is 2. The Bertz CT molecular complexity index is 590. The first kappa shape index (κ1) is 15.5. The number of halogens is 1. The molecule has 1 aromatic rings. The third-order valence-corrected chi connectivity index (χ3v) is 3.83. The topological polar surface area (TPSA) is 91.6 Å². The first-order valence-electron chi connectivity index (χ1n) is 6.49. The number of carbonyl (C=O) groups excluding carboxylic acids is 2. The van der Waals surface area contributed by atoms with Gasteiger partial charge in [-0.3, -0.25) is 9.59 Å². The maximum absolute atomic E-state index is 12.7. The lowest BCUT2D eigenvalue weighted by atomic mass is 9.96. The number of anilines is 1. The first-order chi connectivity index (χ1) is 9.77. The maximum atomic E-state index is 12.7. The lowest BCUT2D eigenvalue weighted by molar-refractivity contribution is -0.144. The van der Waals surface area contributed by atoms with Crippen LogP contribution < -0.4 is 11.3 Å². The maximum Gasteiger partial charge on any atom is 0.255 e. The molecule has 0 aromatic carbocycles. The lowest BCUT2D eigenvalue weighted by Crippen LogP contribution is -2.63. The summed E-state index contributed by atoms with van der Waals surface area (Å²) in [6.07, 6.45) is 0. The number of amides is 2. The van der Waals surface area contributed by atoms with Gasteiger partial charge in [-0.25, -0.2) is 10.8 Å². The summed E-state index contributed by atoms with van der Waals surface area (Å²) in [6, 6.07) is 2.97. The number of nitrogens with two attached hydrogens (primary N) is 1. The smallest absolute Gasteiger partial charge is 0.255 e. The van der Waals surface area contributed by atoms with E-state index in [1.807, 2.05) is 0 Å². The van der Waals surface area contributed by atoms with Crippen LogP contribution in [-0.2, 0) is 4.79 Å². The van der Waals surface area contributed by atoms with E-state index in [1.165, 1.54) is 12.1 Å². The number of nitrogen functional groups attached to an aromatic ring is 1. The van der Waals surface area contributed by atoms with Gasteiger partial charge in [0.1, 0.15) is 16.5 Å². The molecule has 0 saturated carbocycles. The van der Waals surface area contributed by atoms with Crippen LogP contribution in [0.1, 0.15) is 24.2 Å². The van der Waals surface area contributed by atoms with Crippen molar-refractivity contribution >= 4 is 29.2 Å². The van der Waals surface area contributed by atoms with Crippen LogP contribution in [0.5, 0.6) is 0 Å². The Kier molecular flexibility index (Phi) is 4.06. The summed E-state index contributed by atoms with van der Waals surface area (Å²) < 4.78 is 0. The molecule has 8 heteroatoms. The first-order valence-corrected chi connectivity index (χ1v) is 6.87. The predicted octanol–water partition coefficient (Wildman–Crippen LogP) is 0.713. The average Bonchev–Trinajstić information content (AvgIpc) is 2.43. The Labute approximate surface area is 128 Å². The van der Waals surface area contributed by atoms with Crippen molar-refractivity contribution in [3.63, 3.8) is 0 Å². The summed E-state index contributed by atoms with van der Waals surface area (Å²) in [5.74, 6) is 5.22. The number of piperazine rings is 1. The number of likely N-dealkylation sites (N-methyl/N-ethyl adjacent to an activating group) is 1. The zero-order valence-corrected chi connectivity index (χ0v) is 12.9. The van der Waals surface area contributed by atoms with Crippen molar-refractivity contribution in [2.24, 2.45) is 5.84 Å². The van der Waals surface area contributed by atoms with Crippen molar-refractivity contribution in [2.75, 3.05) is 25.6 Å². The summed E-state index contributed by atoms with van der Waals surface area (Å²) >= 11 is 5.88. The van der Waals surface area contributed by atoms with Gasteiger partial charge in [-0.05, 0) is 26.0 Å². The predicted molar refractivity (Wildman–Crippen MR) is 79.8 cm³/mol. The fourth-order valence-corrected chi connectivity index (χ4v) is 2.63. The Morgan fingerprint density at radius 3 is 2.71 bits per heavy atom. The van der Waals surface area contributed by atoms with Crippen LogP contribution in [0.25, 0.3) is 0 Å². The molecule has 0 aliphatic carbocycles. The summed E-state index contributed by atoms with van der Waals surface area (Å²) in [4.78, 5) is 32.0. The van der Waals surface area contributed by atoms with E-state index in [0.29, 0.717) is 24.5 Å². The van der Waals surface area contributed by atoms with E-state index in [4.69, 9.17) is 17.4 Å². The average molecular weight is 312 g/mol. The summed E-state index contributed by atoms with van der Waals surface area (Å²) in [5, 5.41) is 0.159. The molecule has 7 nitrogen and oxygen atoms in total. The van der Waals surface area contributed by atoms with Crippen LogP contribution in [0.3, 0.4) is 0 Å². The molecule has 1 saturated heterocycles. The molecule has 21 heavy (non-hydrogen) atoms. The van der Waals surface area contributed by atoms with Crippen LogP contribution >= 0.6 is 11.6 Å². The lowest BCUT2D eigenvalue weighted by Gasteiger charge is -2.44. The molecule has 2 heterocycles. The number of hydrazine groups is 1. The molecular formula is C13H18ClN5O2. The normalized spacial score (nSPS) is 17.9. The van der Waals surface area contributed by atoms with Gasteiger partial charge in [-0.15, -0.1) is 0 Å². The fourth-order valence-electron chi connectivity index (χ4n) is 2.42. The minimum atomic E-state index is -0.907. The Morgan fingerprint density at radius 2 is 2.10 bits per heavy atom. The number of pyridine rings is 1. The van der Waals surface area contributed by atoms with Gasteiger partial charge in [0.2, 0.25) is 5.91 Å². The van der Waals surface area contributed by atoms with Crippen LogP contribution in [-0.4, -0.2) is 52.3 Å². The monoisotopic (exact) mass is 311 g/mol. The van der Waals surface area contributed by atoms with E-state index in [-0.39, 0.29) is 17.0 Å². The zero-order chi connectivity index (χ0) is 15.8. The highest BCUT2D eigenvalue weighted by molar-refractivity contribution is 6.30. The molecule has 0 radical (unpaired) electrons. The van der Waals surface area contributed by atoms with Gasteiger partial charge in [0.05, 0.1) is 0 Å². The third kappa shape index (κ3) is 2.79. The highest BCUT2D eigenvalue weighted by Gasteiger charge is 2.43. The van der Waals surface area contributed by atoms with E-state index in [9.17, 15) is 9.59 Å². The van der Waals surface area contributed by atoms with Crippen LogP contribution in [0.15, 0.2) is 12.1 Å². The van der Waals surface area contributed by atoms with Crippen molar-refractivity contribution in [2.45, 2.75) is 19.4 Å². The van der Waals surface area contributed by atoms with Crippen LogP contribution in [0.4, 0.5) is 5.82 Å². The van der Waals surface area contributed by atoms with Gasteiger partial charge in [-0.2, -0.15) is 0 Å². The highest BCUT2D eigenvalue weighted by Crippen LogP contribution is 2.25. The van der Waals surface area contributed by atoms with E-state index < -0.39 is 5.54 Å². The quantitative estimate of drug-likeness (QED) is 0.477. The number of nitrogens with zero attached hydrogens (tertiary/aromatic N) is 3. The summed E-state index contributed by atoms with van der Waals surface area (Å²) in [7, 11) is 1.73. The van der Waals surface area contributed by atoms with Crippen molar-refractivity contribution in [3.8, 4) is 0 Å². The van der Waals surface area contributed by atoms with Gasteiger partial charge < -0.3 is 15.2 Å². The molecule has 1 aliphatic rings. The molecule has 0 unspecified atom stereocenters. The second-order valence-corrected chi connectivity index (χ2v) is 5.84. The molecule has 2 rings (SSSR count). The summed E-state index contributed by atoms with van der Waals surface area (Å²) in [5.41, 5.74) is 1.80. The molecule has 1 fully saturated rings. The number of rotatable bonds is 2. The molecule has 0 spiro atoms. The van der Waals surface area contributed by atoms with Gasteiger partial charge in [0.15, 0.2) is 0 Å². The van der Waals surface area contributed by atoms with E-state index in [0.717, 1.165) is 0 Å². The Morgan fingerprint density at radius 1 is 1.43 bits per heavy atom. The molecular weight excluding hydrogens is 294 g/mol. The molecule has 2 amide bonds. The van der Waals surface area contributed by atoms with Crippen molar-refractivity contribution in [1.29, 1.82) is 0 Å². The van der Waals surface area contributed by atoms with E-state index in [2.05, 4.69) is 10.4 Å². The second-order valence-electron chi connectivity index (χ2n) is 5.45. The number of carbonyl (C=O) groups is 2. The number of aromatic nitrogens is 1. The Balaban J connectivity index is 2.35. The molecule has 114 valence electrons. The van der Waals surface area contributed by atoms with Gasteiger partial charge in [0.25, 0.3) is 5.91 Å². The molecule has 0 atom stereocenters. The second kappa shape index (κ2) is 5.50. The van der Waals surface area contributed by atoms with Crippen molar-refractivity contribution < 1.29 is 9.59 Å². The number of nitrogens with one attached hydrogen (secondary N) is 1. The highest BCUT2D eigenvalue weighted by atomic mass is 35.5. The van der Waals surface area contributed by atoms with Crippen molar-refractivity contribution in [3.05, 3.63) is 22.8 Å². The minimum Gasteiger partial charge on any atom is -0.342 e. The SMILES string of the molecule is CN1CCN(C(=O)c2cc(Cl)nc(NN)c2)C(C)(C)C1=O. The van der Waals surface area contributed by atoms with Crippen molar-refractivity contribution in [1.82, 2.24) is 14.8 Å². The van der Waals surface area contributed by atoms with Gasteiger partial charge in [0, 0.05) is 25.7 Å². The number of hydrogen-bond acceptors (Lipinski definition) is 5. The summed E-state index contributed by atoms with van der Waals surface area (Å²) in [6.45, 7) is 4.41. The Hall–Kier alpha value is -1.86. The van der Waals surface area contributed by atoms with E-state index >= 15 is 0 Å². The molecule has 1 aliphatic heterocycles. The minimum absolute atomic E-state index is 0.0978. The molecule has 0 bridgehead atoms. The molecule has 3 N–H and O–H groups in total. The van der Waals surface area contributed by atoms with E-state index in [1.54, 1.807) is 30.7 Å². The van der Waals surface area contributed by atoms with Gasteiger partial charge >= 0.3 is 0 Å². The standard InChI is InChI=1S/C13H18ClN5O2/c1-13(2)12(21)18(3)4-5-19(13)11(20)8-6-9(14)16-10(7-8)17-15/h6-7H,4-5,15H2,1-3H3,(H,16,17). The van der Waals surface area contributed by atoms with Crippen LogP contribution in [0.2, 0.25) is 5.15 Å². The van der Waals surface area contributed by atoms with Crippen LogP contribution in [0, 0.1) is 0 Å². The fraction of sp³-hybridized carbons (Fsp3) is 0.462.